The van der Waals surface area contributed by atoms with Gasteiger partial charge < -0.3 is 14.4 Å². The lowest BCUT2D eigenvalue weighted by Gasteiger charge is -2.35. The van der Waals surface area contributed by atoms with Crippen LogP contribution in [0.15, 0.2) is 39.5 Å². The van der Waals surface area contributed by atoms with Crippen molar-refractivity contribution >= 4 is 16.7 Å². The van der Waals surface area contributed by atoms with E-state index in [0.29, 0.717) is 11.3 Å². The third-order valence-corrected chi connectivity index (χ3v) is 3.97. The zero-order valence-corrected chi connectivity index (χ0v) is 12.0. The minimum atomic E-state index is -0.266. The summed E-state index contributed by atoms with van der Waals surface area (Å²) >= 11 is 0. The number of aliphatic hydroxyl groups is 1. The molecule has 0 radical (unpaired) electrons. The van der Waals surface area contributed by atoms with Gasteiger partial charge in [0.15, 0.2) is 0 Å². The highest BCUT2D eigenvalue weighted by molar-refractivity contribution is 5.79. The van der Waals surface area contributed by atoms with E-state index in [0.717, 1.165) is 44.5 Å². The van der Waals surface area contributed by atoms with E-state index in [2.05, 4.69) is 9.80 Å². The molecule has 1 aromatic heterocycles. The lowest BCUT2D eigenvalue weighted by atomic mass is 10.2. The Morgan fingerprint density at radius 3 is 2.67 bits per heavy atom. The quantitative estimate of drug-likeness (QED) is 0.859. The van der Waals surface area contributed by atoms with E-state index in [-0.39, 0.29) is 12.2 Å². The molecule has 0 saturated carbocycles. The van der Waals surface area contributed by atoms with Gasteiger partial charge in [0.25, 0.3) is 0 Å². The molecule has 2 heterocycles. The van der Waals surface area contributed by atoms with Crippen LogP contribution >= 0.6 is 0 Å². The smallest absolute Gasteiger partial charge is 0.360 e. The normalized spacial score (nSPS) is 16.5. The lowest BCUT2D eigenvalue weighted by Crippen LogP contribution is -2.47. The van der Waals surface area contributed by atoms with E-state index in [1.807, 2.05) is 30.3 Å². The number of nitrogens with zero attached hydrogens (tertiary/aromatic N) is 2. The van der Waals surface area contributed by atoms with E-state index in [9.17, 15) is 4.79 Å². The molecule has 21 heavy (non-hydrogen) atoms. The topological polar surface area (TPSA) is 56.9 Å². The number of piperazine rings is 1. The summed E-state index contributed by atoms with van der Waals surface area (Å²) in [5.74, 6) is 0. The predicted octanol–water partition coefficient (Wildman–Crippen LogP) is 1.30. The number of rotatable bonds is 4. The molecule has 1 aliphatic heterocycles. The number of anilines is 1. The average Bonchev–Trinajstić information content (AvgIpc) is 2.53. The van der Waals surface area contributed by atoms with Gasteiger partial charge in [0.1, 0.15) is 11.3 Å². The van der Waals surface area contributed by atoms with Crippen molar-refractivity contribution in [3.63, 3.8) is 0 Å². The Balaban J connectivity index is 1.76. The zero-order chi connectivity index (χ0) is 14.7. The Labute approximate surface area is 123 Å². The fraction of sp³-hybridized carbons (Fsp3) is 0.438. The first-order valence-electron chi connectivity index (χ1n) is 7.39. The van der Waals surface area contributed by atoms with Gasteiger partial charge >= 0.3 is 5.63 Å². The Kier molecular flexibility index (Phi) is 4.22. The van der Waals surface area contributed by atoms with Crippen molar-refractivity contribution in [2.24, 2.45) is 0 Å². The van der Waals surface area contributed by atoms with Crippen LogP contribution in [0.1, 0.15) is 6.42 Å². The van der Waals surface area contributed by atoms with Crippen LogP contribution in [0.4, 0.5) is 5.69 Å². The van der Waals surface area contributed by atoms with Gasteiger partial charge in [-0.1, -0.05) is 18.2 Å². The predicted molar refractivity (Wildman–Crippen MR) is 82.8 cm³/mol. The van der Waals surface area contributed by atoms with E-state index in [1.165, 1.54) is 0 Å². The molecule has 0 unspecified atom stereocenters. The summed E-state index contributed by atoms with van der Waals surface area (Å²) in [5, 5.41) is 9.83. The molecule has 0 spiro atoms. The molecule has 5 heteroatoms. The molecule has 1 saturated heterocycles. The summed E-state index contributed by atoms with van der Waals surface area (Å²) < 4.78 is 5.39. The molecule has 0 aliphatic carbocycles. The Bertz CT molecular complexity index is 660. The number of aliphatic hydroxyl groups excluding tert-OH is 1. The molecule has 3 rings (SSSR count). The number of hydrogen-bond donors (Lipinski definition) is 1. The van der Waals surface area contributed by atoms with Gasteiger partial charge in [-0.3, -0.25) is 4.90 Å². The van der Waals surface area contributed by atoms with E-state index >= 15 is 0 Å². The Morgan fingerprint density at radius 1 is 1.14 bits per heavy atom. The summed E-state index contributed by atoms with van der Waals surface area (Å²) in [5.41, 5.74) is 1.01. The molecule has 1 N–H and O–H groups in total. The van der Waals surface area contributed by atoms with E-state index in [1.54, 1.807) is 0 Å². The van der Waals surface area contributed by atoms with Crippen molar-refractivity contribution in [1.29, 1.82) is 0 Å². The molecule has 0 bridgehead atoms. The van der Waals surface area contributed by atoms with Crippen LogP contribution in [0.25, 0.3) is 11.0 Å². The summed E-state index contributed by atoms with van der Waals surface area (Å²) in [6.45, 7) is 4.59. The largest absolute Gasteiger partial charge is 0.421 e. The molecule has 0 amide bonds. The first-order valence-corrected chi connectivity index (χ1v) is 7.39. The Hall–Kier alpha value is -1.85. The standard InChI is InChI=1S/C16H20N2O3/c19-11-3-6-17-7-9-18(10-8-17)14-12-13-4-1-2-5-15(13)21-16(14)20/h1-2,4-5,12,19H,3,6-11H2. The van der Waals surface area contributed by atoms with Gasteiger partial charge in [-0.15, -0.1) is 0 Å². The minimum absolute atomic E-state index is 0.231. The fourth-order valence-electron chi connectivity index (χ4n) is 2.78. The van der Waals surface area contributed by atoms with Gasteiger partial charge in [-0.25, -0.2) is 4.79 Å². The van der Waals surface area contributed by atoms with Crippen molar-refractivity contribution in [3.8, 4) is 0 Å². The molecular formula is C16H20N2O3. The summed E-state index contributed by atoms with van der Waals surface area (Å²) in [6.07, 6.45) is 0.804. The maximum Gasteiger partial charge on any atom is 0.360 e. The van der Waals surface area contributed by atoms with Crippen molar-refractivity contribution in [1.82, 2.24) is 4.90 Å². The molecule has 112 valence electrons. The highest BCUT2D eigenvalue weighted by Crippen LogP contribution is 2.19. The average molecular weight is 288 g/mol. The van der Waals surface area contributed by atoms with Gasteiger partial charge in [0, 0.05) is 44.7 Å². The second kappa shape index (κ2) is 6.28. The van der Waals surface area contributed by atoms with Crippen molar-refractivity contribution in [3.05, 3.63) is 40.8 Å². The lowest BCUT2D eigenvalue weighted by molar-refractivity contribution is 0.215. The zero-order valence-electron chi connectivity index (χ0n) is 12.0. The molecule has 5 nitrogen and oxygen atoms in total. The van der Waals surface area contributed by atoms with Gasteiger partial charge in [-0.05, 0) is 18.6 Å². The third kappa shape index (κ3) is 3.09. The van der Waals surface area contributed by atoms with Gasteiger partial charge in [-0.2, -0.15) is 0 Å². The van der Waals surface area contributed by atoms with Crippen LogP contribution in [0.5, 0.6) is 0 Å². The van der Waals surface area contributed by atoms with E-state index < -0.39 is 0 Å². The molecule has 1 aromatic carbocycles. The van der Waals surface area contributed by atoms with Crippen LogP contribution in [-0.2, 0) is 0 Å². The third-order valence-electron chi connectivity index (χ3n) is 3.97. The first kappa shape index (κ1) is 14.1. The minimum Gasteiger partial charge on any atom is -0.421 e. The maximum absolute atomic E-state index is 12.1. The van der Waals surface area contributed by atoms with Crippen molar-refractivity contribution in [2.75, 3.05) is 44.2 Å². The van der Waals surface area contributed by atoms with Crippen LogP contribution < -0.4 is 10.5 Å². The molecule has 2 aromatic rings. The van der Waals surface area contributed by atoms with Gasteiger partial charge in [0.2, 0.25) is 0 Å². The number of benzene rings is 1. The van der Waals surface area contributed by atoms with Crippen LogP contribution in [0.2, 0.25) is 0 Å². The molecule has 1 aliphatic rings. The highest BCUT2D eigenvalue weighted by atomic mass is 16.4. The number of para-hydroxylation sites is 1. The second-order valence-corrected chi connectivity index (χ2v) is 5.36. The van der Waals surface area contributed by atoms with Crippen LogP contribution in [0.3, 0.4) is 0 Å². The molecular weight excluding hydrogens is 268 g/mol. The van der Waals surface area contributed by atoms with Crippen LogP contribution in [0, 0.1) is 0 Å². The number of hydrogen-bond acceptors (Lipinski definition) is 5. The highest BCUT2D eigenvalue weighted by Gasteiger charge is 2.19. The second-order valence-electron chi connectivity index (χ2n) is 5.36. The molecule has 1 fully saturated rings. The summed E-state index contributed by atoms with van der Waals surface area (Å²) in [4.78, 5) is 16.5. The monoisotopic (exact) mass is 288 g/mol. The molecule has 0 atom stereocenters. The van der Waals surface area contributed by atoms with Crippen molar-refractivity contribution < 1.29 is 9.52 Å². The SMILES string of the molecule is O=c1oc2ccccc2cc1N1CCN(CCCO)CC1. The first-order chi connectivity index (χ1) is 10.3. The number of fused-ring (bicyclic) bond motifs is 1. The van der Waals surface area contributed by atoms with E-state index in [4.69, 9.17) is 9.52 Å². The van der Waals surface area contributed by atoms with Crippen molar-refractivity contribution in [2.45, 2.75) is 6.42 Å². The maximum atomic E-state index is 12.1. The summed E-state index contributed by atoms with van der Waals surface area (Å²) in [6, 6.07) is 9.50. The fourth-order valence-corrected chi connectivity index (χ4v) is 2.78. The summed E-state index contributed by atoms with van der Waals surface area (Å²) in [7, 11) is 0. The van der Waals surface area contributed by atoms with Crippen LogP contribution in [-0.4, -0.2) is 49.3 Å². The van der Waals surface area contributed by atoms with Gasteiger partial charge in [0.05, 0.1) is 0 Å². The Morgan fingerprint density at radius 2 is 1.90 bits per heavy atom.